The summed E-state index contributed by atoms with van der Waals surface area (Å²) in [5.41, 5.74) is 3.76. The number of aromatic hydroxyl groups is 1. The Balaban J connectivity index is 1.05. The predicted molar refractivity (Wildman–Crippen MR) is 149 cm³/mol. The molecular weight excluding hydrogens is 522 g/mol. The van der Waals surface area contributed by atoms with Crippen LogP contribution in [-0.4, -0.2) is 57.7 Å². The largest absolute Gasteiger partial charge is 0.508 e. The molecule has 0 aromatic heterocycles. The maximum absolute atomic E-state index is 13.3. The van der Waals surface area contributed by atoms with Gasteiger partial charge in [-0.05, 0) is 79.2 Å². The molecule has 6 rings (SSSR count). The maximum Gasteiger partial charge on any atom is 0.266 e. The van der Waals surface area contributed by atoms with Gasteiger partial charge in [0.2, 0.25) is 11.8 Å². The van der Waals surface area contributed by atoms with Crippen molar-refractivity contribution < 1.29 is 29.0 Å². The Morgan fingerprint density at radius 2 is 1.54 bits per heavy atom. The van der Waals surface area contributed by atoms with Crippen molar-refractivity contribution in [2.24, 2.45) is 0 Å². The molecule has 41 heavy (non-hydrogen) atoms. The third kappa shape index (κ3) is 5.45. The van der Waals surface area contributed by atoms with Gasteiger partial charge < -0.3 is 9.84 Å². The number of imide groups is 2. The average Bonchev–Trinajstić information content (AvgIpc) is 3.23. The number of nitrogens with zero attached hydrogens (tertiary/aromatic N) is 2. The number of carbonyl (C=O) groups excluding carboxylic acids is 4. The van der Waals surface area contributed by atoms with Crippen molar-refractivity contribution in [1.82, 2.24) is 15.1 Å². The second-order valence-corrected chi connectivity index (χ2v) is 10.9. The van der Waals surface area contributed by atoms with Gasteiger partial charge in [-0.3, -0.25) is 34.3 Å². The van der Waals surface area contributed by atoms with E-state index in [2.05, 4.69) is 22.3 Å². The number of ether oxygens (including phenoxy) is 1. The molecule has 0 aliphatic carbocycles. The fourth-order valence-electron chi connectivity index (χ4n) is 5.94. The van der Waals surface area contributed by atoms with Crippen LogP contribution in [0.5, 0.6) is 11.5 Å². The SMILES string of the molecule is O=C1CCC(N2C(=O)c3cccc(OCc4ccc(CN5CCC(c6ccc(O)cc6)CC5)cc4)c3C2=O)C(=O)N1. The molecular formula is C32H31N3O6. The van der Waals surface area contributed by atoms with Gasteiger partial charge in [0, 0.05) is 13.0 Å². The Morgan fingerprint density at radius 3 is 2.24 bits per heavy atom. The highest BCUT2D eigenvalue weighted by molar-refractivity contribution is 6.24. The van der Waals surface area contributed by atoms with Crippen LogP contribution in [0.2, 0.25) is 0 Å². The van der Waals surface area contributed by atoms with Crippen molar-refractivity contribution in [3.8, 4) is 11.5 Å². The molecule has 3 heterocycles. The number of phenols is 1. The summed E-state index contributed by atoms with van der Waals surface area (Å²) in [6, 6.07) is 19.6. The molecule has 1 unspecified atom stereocenters. The van der Waals surface area contributed by atoms with Crippen LogP contribution in [0, 0.1) is 0 Å². The minimum atomic E-state index is -1.01. The molecule has 3 aliphatic rings. The van der Waals surface area contributed by atoms with Crippen LogP contribution in [-0.2, 0) is 22.7 Å². The number of piperidine rings is 2. The number of amides is 4. The Labute approximate surface area is 237 Å². The minimum Gasteiger partial charge on any atom is -0.508 e. The van der Waals surface area contributed by atoms with Crippen molar-refractivity contribution in [1.29, 1.82) is 0 Å². The van der Waals surface area contributed by atoms with Gasteiger partial charge in [0.15, 0.2) is 0 Å². The van der Waals surface area contributed by atoms with Crippen LogP contribution in [0.3, 0.4) is 0 Å². The number of fused-ring (bicyclic) bond motifs is 1. The van der Waals surface area contributed by atoms with E-state index in [-0.39, 0.29) is 36.3 Å². The molecule has 0 saturated carbocycles. The number of nitrogens with one attached hydrogen (secondary N) is 1. The van der Waals surface area contributed by atoms with E-state index in [1.165, 1.54) is 11.1 Å². The van der Waals surface area contributed by atoms with Crippen molar-refractivity contribution in [3.63, 3.8) is 0 Å². The summed E-state index contributed by atoms with van der Waals surface area (Å²) in [5.74, 6) is -1.08. The van der Waals surface area contributed by atoms with Crippen molar-refractivity contribution in [3.05, 3.63) is 94.5 Å². The summed E-state index contributed by atoms with van der Waals surface area (Å²) in [7, 11) is 0. The first-order valence-electron chi connectivity index (χ1n) is 13.9. The van der Waals surface area contributed by atoms with E-state index in [0.29, 0.717) is 11.7 Å². The molecule has 3 aromatic rings. The van der Waals surface area contributed by atoms with Crippen molar-refractivity contribution >= 4 is 23.6 Å². The fourth-order valence-corrected chi connectivity index (χ4v) is 5.94. The Kier molecular flexibility index (Phi) is 7.28. The van der Waals surface area contributed by atoms with Gasteiger partial charge in [-0.25, -0.2) is 0 Å². The molecule has 1 atom stereocenters. The van der Waals surface area contributed by atoms with Crippen LogP contribution in [0.15, 0.2) is 66.7 Å². The van der Waals surface area contributed by atoms with Crippen LogP contribution in [0.1, 0.15) is 69.0 Å². The lowest BCUT2D eigenvalue weighted by atomic mass is 9.89. The highest BCUT2D eigenvalue weighted by Gasteiger charge is 2.46. The van der Waals surface area contributed by atoms with E-state index in [9.17, 15) is 24.3 Å². The number of hydrogen-bond donors (Lipinski definition) is 2. The molecule has 0 radical (unpaired) electrons. The maximum atomic E-state index is 13.3. The van der Waals surface area contributed by atoms with E-state index >= 15 is 0 Å². The Hall–Kier alpha value is -4.50. The monoisotopic (exact) mass is 553 g/mol. The number of carbonyl (C=O) groups is 4. The van der Waals surface area contributed by atoms with Gasteiger partial charge in [0.1, 0.15) is 24.1 Å². The number of rotatable bonds is 7. The fraction of sp³-hybridized carbons (Fsp3) is 0.312. The first kappa shape index (κ1) is 26.7. The van der Waals surface area contributed by atoms with E-state index in [1.807, 2.05) is 24.3 Å². The van der Waals surface area contributed by atoms with Crippen molar-refractivity contribution in [2.45, 2.75) is 50.8 Å². The summed E-state index contributed by atoms with van der Waals surface area (Å²) in [6.45, 7) is 3.10. The van der Waals surface area contributed by atoms with Gasteiger partial charge >= 0.3 is 0 Å². The zero-order chi connectivity index (χ0) is 28.5. The van der Waals surface area contributed by atoms with Gasteiger partial charge in [0.25, 0.3) is 11.8 Å². The molecule has 4 amide bonds. The van der Waals surface area contributed by atoms with Crippen LogP contribution < -0.4 is 10.1 Å². The lowest BCUT2D eigenvalue weighted by Crippen LogP contribution is -2.54. The topological polar surface area (TPSA) is 116 Å². The van der Waals surface area contributed by atoms with Crippen LogP contribution in [0.4, 0.5) is 0 Å². The van der Waals surface area contributed by atoms with E-state index in [0.717, 1.165) is 42.9 Å². The Morgan fingerprint density at radius 1 is 0.829 bits per heavy atom. The van der Waals surface area contributed by atoms with Crippen LogP contribution >= 0.6 is 0 Å². The summed E-state index contributed by atoms with van der Waals surface area (Å²) in [4.78, 5) is 53.6. The lowest BCUT2D eigenvalue weighted by molar-refractivity contribution is -0.136. The zero-order valence-corrected chi connectivity index (χ0v) is 22.5. The molecule has 3 aromatic carbocycles. The van der Waals surface area contributed by atoms with Gasteiger partial charge in [0.05, 0.1) is 11.1 Å². The number of benzene rings is 3. The molecule has 210 valence electrons. The first-order valence-corrected chi connectivity index (χ1v) is 13.9. The number of likely N-dealkylation sites (tertiary alicyclic amines) is 1. The van der Waals surface area contributed by atoms with E-state index in [4.69, 9.17) is 4.74 Å². The smallest absolute Gasteiger partial charge is 0.266 e. The first-order chi connectivity index (χ1) is 19.9. The predicted octanol–water partition coefficient (Wildman–Crippen LogP) is 3.75. The van der Waals surface area contributed by atoms with Crippen LogP contribution in [0.25, 0.3) is 0 Å². The van der Waals surface area contributed by atoms with Gasteiger partial charge in [-0.1, -0.05) is 42.5 Å². The lowest BCUT2D eigenvalue weighted by Gasteiger charge is -2.32. The minimum absolute atomic E-state index is 0.0707. The second kappa shape index (κ2) is 11.2. The van der Waals surface area contributed by atoms with E-state index in [1.54, 1.807) is 30.3 Å². The third-order valence-electron chi connectivity index (χ3n) is 8.21. The number of phenolic OH excluding ortho intramolecular Hbond substituents is 1. The quantitative estimate of drug-likeness (QED) is 0.428. The highest BCUT2D eigenvalue weighted by atomic mass is 16.5. The third-order valence-corrected chi connectivity index (χ3v) is 8.21. The molecule has 2 saturated heterocycles. The standard InChI is InChI=1S/C32H31N3O6/c36-24-10-8-22(9-11-24)23-14-16-34(17-15-23)18-20-4-6-21(7-5-20)19-41-27-3-1-2-25-29(27)32(40)35(31(25)39)26-12-13-28(37)33-30(26)38/h1-11,23,26,36H,12-19H2,(H,33,37,38). The zero-order valence-electron chi connectivity index (χ0n) is 22.5. The Bertz CT molecular complexity index is 1490. The second-order valence-electron chi connectivity index (χ2n) is 10.9. The average molecular weight is 554 g/mol. The van der Waals surface area contributed by atoms with Crippen molar-refractivity contribution in [2.75, 3.05) is 13.1 Å². The summed E-state index contributed by atoms with van der Waals surface area (Å²) < 4.78 is 6.00. The molecule has 3 aliphatic heterocycles. The van der Waals surface area contributed by atoms with E-state index < -0.39 is 29.7 Å². The molecule has 0 spiro atoms. The summed E-state index contributed by atoms with van der Waals surface area (Å²) in [5, 5.41) is 11.7. The molecule has 9 heteroatoms. The summed E-state index contributed by atoms with van der Waals surface area (Å²) >= 11 is 0. The molecule has 9 nitrogen and oxygen atoms in total. The van der Waals surface area contributed by atoms with Gasteiger partial charge in [-0.15, -0.1) is 0 Å². The highest BCUT2D eigenvalue weighted by Crippen LogP contribution is 2.34. The molecule has 2 N–H and O–H groups in total. The molecule has 0 bridgehead atoms. The number of hydrogen-bond acceptors (Lipinski definition) is 7. The summed E-state index contributed by atoms with van der Waals surface area (Å²) in [6.07, 6.45) is 2.34. The van der Waals surface area contributed by atoms with Gasteiger partial charge in [-0.2, -0.15) is 0 Å². The normalized spacial score (nSPS) is 19.8. The molecule has 2 fully saturated rings.